The Kier molecular flexibility index (Phi) is 3.27. The summed E-state index contributed by atoms with van der Waals surface area (Å²) in [7, 11) is 1.70. The molecule has 2 aromatic carbocycles. The lowest BCUT2D eigenvalue weighted by molar-refractivity contribution is 0.415. The Balaban J connectivity index is 1.94. The molecule has 0 amide bonds. The summed E-state index contributed by atoms with van der Waals surface area (Å²) >= 11 is 0. The van der Waals surface area contributed by atoms with Gasteiger partial charge in [0, 0.05) is 29.0 Å². The van der Waals surface area contributed by atoms with Gasteiger partial charge in [0.25, 0.3) is 0 Å². The summed E-state index contributed by atoms with van der Waals surface area (Å²) in [6.45, 7) is 2.94. The van der Waals surface area contributed by atoms with Crippen molar-refractivity contribution in [1.82, 2.24) is 9.55 Å². The monoisotopic (exact) mass is 302 g/mol. The van der Waals surface area contributed by atoms with Crippen molar-refractivity contribution in [3.05, 3.63) is 72.1 Å². The first-order chi connectivity index (χ1) is 11.3. The van der Waals surface area contributed by atoms with Crippen LogP contribution in [0.25, 0.3) is 21.8 Å². The second-order valence-electron chi connectivity index (χ2n) is 5.85. The van der Waals surface area contributed by atoms with Crippen LogP contribution in [0.5, 0.6) is 5.75 Å². The molecule has 3 heteroatoms. The number of hydrogen-bond donors (Lipinski definition) is 0. The molecule has 0 radical (unpaired) electrons. The minimum Gasteiger partial charge on any atom is -0.497 e. The number of nitrogens with zero attached hydrogens (tertiary/aromatic N) is 2. The molecule has 0 saturated carbocycles. The van der Waals surface area contributed by atoms with E-state index in [2.05, 4.69) is 58.9 Å². The average Bonchev–Trinajstić information content (AvgIpc) is 2.90. The Morgan fingerprint density at radius 2 is 1.78 bits per heavy atom. The van der Waals surface area contributed by atoms with Crippen LogP contribution in [0.15, 0.2) is 60.9 Å². The standard InChI is InChI=1S/C20H18N2O/c1-14-3-5-15(6-4-14)13-22-19-8-7-16(23-2)11-18(19)17-9-10-21-12-20(17)22/h3-12H,13H2,1-2H3. The molecule has 114 valence electrons. The van der Waals surface area contributed by atoms with Crippen molar-refractivity contribution in [3.63, 3.8) is 0 Å². The molecule has 4 rings (SSSR count). The third kappa shape index (κ3) is 2.34. The van der Waals surface area contributed by atoms with Gasteiger partial charge in [-0.2, -0.15) is 0 Å². The maximum atomic E-state index is 5.39. The highest BCUT2D eigenvalue weighted by molar-refractivity contribution is 6.08. The normalized spacial score (nSPS) is 11.2. The number of aryl methyl sites for hydroxylation is 1. The minimum absolute atomic E-state index is 0.832. The van der Waals surface area contributed by atoms with Gasteiger partial charge >= 0.3 is 0 Å². The molecular weight excluding hydrogens is 284 g/mol. The number of pyridine rings is 1. The Morgan fingerprint density at radius 3 is 2.57 bits per heavy atom. The van der Waals surface area contributed by atoms with E-state index in [-0.39, 0.29) is 0 Å². The van der Waals surface area contributed by atoms with Crippen LogP contribution in [-0.4, -0.2) is 16.7 Å². The van der Waals surface area contributed by atoms with Gasteiger partial charge in [0.15, 0.2) is 0 Å². The lowest BCUT2D eigenvalue weighted by Gasteiger charge is -2.08. The van der Waals surface area contributed by atoms with E-state index in [1.165, 1.54) is 27.4 Å². The molecule has 0 unspecified atom stereocenters. The van der Waals surface area contributed by atoms with Crippen molar-refractivity contribution in [2.45, 2.75) is 13.5 Å². The zero-order chi connectivity index (χ0) is 15.8. The van der Waals surface area contributed by atoms with E-state index < -0.39 is 0 Å². The van der Waals surface area contributed by atoms with Crippen LogP contribution in [0.4, 0.5) is 0 Å². The van der Waals surface area contributed by atoms with Gasteiger partial charge in [-0.1, -0.05) is 29.8 Å². The van der Waals surface area contributed by atoms with Gasteiger partial charge in [0.1, 0.15) is 5.75 Å². The second kappa shape index (κ2) is 5.43. The maximum absolute atomic E-state index is 5.39. The van der Waals surface area contributed by atoms with Crippen molar-refractivity contribution in [2.75, 3.05) is 7.11 Å². The summed E-state index contributed by atoms with van der Waals surface area (Å²) < 4.78 is 7.71. The molecule has 2 aromatic heterocycles. The lowest BCUT2D eigenvalue weighted by Crippen LogP contribution is -1.99. The van der Waals surface area contributed by atoms with E-state index >= 15 is 0 Å². The SMILES string of the molecule is COc1ccc2c(c1)c1ccncc1n2Cc1ccc(C)cc1. The zero-order valence-corrected chi connectivity index (χ0v) is 13.3. The molecule has 0 aliphatic rings. The molecule has 0 aliphatic heterocycles. The number of methoxy groups -OCH3 is 1. The van der Waals surface area contributed by atoms with Crippen LogP contribution >= 0.6 is 0 Å². The summed E-state index contributed by atoms with van der Waals surface area (Å²) in [6, 6.07) is 17.0. The Labute approximate surface area is 135 Å². The largest absolute Gasteiger partial charge is 0.497 e. The Morgan fingerprint density at radius 1 is 0.957 bits per heavy atom. The second-order valence-corrected chi connectivity index (χ2v) is 5.85. The van der Waals surface area contributed by atoms with Crippen molar-refractivity contribution in [2.24, 2.45) is 0 Å². The number of benzene rings is 2. The molecule has 0 bridgehead atoms. The quantitative estimate of drug-likeness (QED) is 0.555. The first-order valence-electron chi connectivity index (χ1n) is 7.72. The van der Waals surface area contributed by atoms with Crippen molar-refractivity contribution < 1.29 is 4.74 Å². The van der Waals surface area contributed by atoms with Crippen LogP contribution in [0, 0.1) is 6.92 Å². The minimum atomic E-state index is 0.832. The molecular formula is C20H18N2O. The van der Waals surface area contributed by atoms with Gasteiger partial charge in [-0.3, -0.25) is 4.98 Å². The van der Waals surface area contributed by atoms with Crippen molar-refractivity contribution in [1.29, 1.82) is 0 Å². The summed E-state index contributed by atoms with van der Waals surface area (Å²) in [5, 5.41) is 2.41. The Bertz CT molecular complexity index is 984. The molecule has 0 atom stereocenters. The van der Waals surface area contributed by atoms with Gasteiger partial charge in [0.2, 0.25) is 0 Å². The highest BCUT2D eigenvalue weighted by atomic mass is 16.5. The number of ether oxygens (including phenoxy) is 1. The summed E-state index contributed by atoms with van der Waals surface area (Å²) in [5.74, 6) is 0.878. The van der Waals surface area contributed by atoms with Gasteiger partial charge < -0.3 is 9.30 Å². The fourth-order valence-corrected chi connectivity index (χ4v) is 3.10. The van der Waals surface area contributed by atoms with E-state index in [1.807, 2.05) is 18.5 Å². The molecule has 0 fully saturated rings. The van der Waals surface area contributed by atoms with E-state index in [1.54, 1.807) is 7.11 Å². The van der Waals surface area contributed by atoms with Crippen molar-refractivity contribution in [3.8, 4) is 5.75 Å². The van der Waals surface area contributed by atoms with E-state index in [9.17, 15) is 0 Å². The summed E-state index contributed by atoms with van der Waals surface area (Å²) in [4.78, 5) is 4.32. The first-order valence-corrected chi connectivity index (χ1v) is 7.72. The van der Waals surface area contributed by atoms with Gasteiger partial charge in [0.05, 0.1) is 18.8 Å². The number of fused-ring (bicyclic) bond motifs is 3. The van der Waals surface area contributed by atoms with Crippen LogP contribution in [-0.2, 0) is 6.54 Å². The summed E-state index contributed by atoms with van der Waals surface area (Å²) in [6.07, 6.45) is 3.79. The topological polar surface area (TPSA) is 27.1 Å². The highest BCUT2D eigenvalue weighted by Crippen LogP contribution is 2.31. The van der Waals surface area contributed by atoms with Crippen LogP contribution in [0.1, 0.15) is 11.1 Å². The van der Waals surface area contributed by atoms with E-state index in [4.69, 9.17) is 4.74 Å². The van der Waals surface area contributed by atoms with Gasteiger partial charge in [-0.15, -0.1) is 0 Å². The molecule has 0 aliphatic carbocycles. The summed E-state index contributed by atoms with van der Waals surface area (Å²) in [5.41, 5.74) is 4.92. The molecule has 0 saturated heterocycles. The number of rotatable bonds is 3. The third-order valence-corrected chi connectivity index (χ3v) is 4.34. The highest BCUT2D eigenvalue weighted by Gasteiger charge is 2.11. The average molecular weight is 302 g/mol. The lowest BCUT2D eigenvalue weighted by atomic mass is 10.1. The van der Waals surface area contributed by atoms with Crippen LogP contribution in [0.2, 0.25) is 0 Å². The van der Waals surface area contributed by atoms with Crippen LogP contribution < -0.4 is 4.74 Å². The molecule has 4 aromatic rings. The van der Waals surface area contributed by atoms with E-state index in [0.29, 0.717) is 0 Å². The fourth-order valence-electron chi connectivity index (χ4n) is 3.10. The smallest absolute Gasteiger partial charge is 0.119 e. The fraction of sp³-hybridized carbons (Fsp3) is 0.150. The first kappa shape index (κ1) is 13.8. The van der Waals surface area contributed by atoms with Gasteiger partial charge in [-0.25, -0.2) is 0 Å². The maximum Gasteiger partial charge on any atom is 0.119 e. The van der Waals surface area contributed by atoms with E-state index in [0.717, 1.165) is 17.8 Å². The predicted octanol–water partition coefficient (Wildman–Crippen LogP) is 4.55. The van der Waals surface area contributed by atoms with Crippen LogP contribution in [0.3, 0.4) is 0 Å². The molecule has 2 heterocycles. The van der Waals surface area contributed by atoms with Gasteiger partial charge in [-0.05, 0) is 36.8 Å². The number of hydrogen-bond acceptors (Lipinski definition) is 2. The predicted molar refractivity (Wildman–Crippen MR) is 94.1 cm³/mol. The zero-order valence-electron chi connectivity index (χ0n) is 13.3. The number of aromatic nitrogens is 2. The molecule has 23 heavy (non-hydrogen) atoms. The third-order valence-electron chi connectivity index (χ3n) is 4.34. The molecule has 3 nitrogen and oxygen atoms in total. The molecule has 0 N–H and O–H groups in total. The molecule has 0 spiro atoms. The van der Waals surface area contributed by atoms with Crippen molar-refractivity contribution >= 4 is 21.8 Å². The Hall–Kier alpha value is -2.81.